The minimum atomic E-state index is -0.373. The fraction of sp³-hybridized carbons (Fsp3) is 1.00. The highest BCUT2D eigenvalue weighted by Gasteiger charge is 2.35. The van der Waals surface area contributed by atoms with E-state index in [1.54, 1.807) is 0 Å². The van der Waals surface area contributed by atoms with E-state index in [0.29, 0.717) is 0 Å². The van der Waals surface area contributed by atoms with E-state index < -0.39 is 0 Å². The summed E-state index contributed by atoms with van der Waals surface area (Å²) in [6.45, 7) is 5.94. The molecule has 3 N–H and O–H groups in total. The molecule has 1 aliphatic heterocycles. The van der Waals surface area contributed by atoms with Gasteiger partial charge in [0.1, 0.15) is 0 Å². The van der Waals surface area contributed by atoms with Crippen LogP contribution in [0.3, 0.4) is 0 Å². The average molecular weight is 240 g/mol. The quantitative estimate of drug-likeness (QED) is 0.693. The molecule has 2 aliphatic rings. The van der Waals surface area contributed by atoms with Gasteiger partial charge in [0, 0.05) is 18.6 Å². The normalized spacial score (nSPS) is 32.6. The van der Waals surface area contributed by atoms with E-state index in [9.17, 15) is 0 Å². The molecule has 0 aromatic carbocycles. The van der Waals surface area contributed by atoms with Crippen molar-refractivity contribution in [1.82, 2.24) is 4.90 Å². The Balaban J connectivity index is 1.57. The Kier molecular flexibility index (Phi) is 4.45. The first-order valence-corrected chi connectivity index (χ1v) is 7.23. The molecule has 1 aliphatic carbocycles. The molecule has 1 saturated carbocycles. The van der Waals surface area contributed by atoms with Gasteiger partial charge >= 0.3 is 0 Å². The number of nitrogens with two attached hydrogens (primary N) is 1. The van der Waals surface area contributed by atoms with Gasteiger partial charge in [0.25, 0.3) is 0 Å². The van der Waals surface area contributed by atoms with Crippen LogP contribution in [0.2, 0.25) is 0 Å². The predicted octanol–water partition coefficient (Wildman–Crippen LogP) is 1.60. The monoisotopic (exact) mass is 240 g/mol. The van der Waals surface area contributed by atoms with Crippen molar-refractivity contribution in [2.24, 2.45) is 17.6 Å². The van der Waals surface area contributed by atoms with Crippen molar-refractivity contribution in [3.63, 3.8) is 0 Å². The number of unbranched alkanes of at least 4 members (excludes halogenated alkanes) is 1. The molecule has 100 valence electrons. The van der Waals surface area contributed by atoms with Crippen LogP contribution in [0.5, 0.6) is 0 Å². The first-order valence-electron chi connectivity index (χ1n) is 7.23. The molecule has 0 aromatic heterocycles. The van der Waals surface area contributed by atoms with Crippen LogP contribution < -0.4 is 5.73 Å². The molecule has 2 rings (SSSR count). The maximum absolute atomic E-state index is 9.08. The van der Waals surface area contributed by atoms with Crippen LogP contribution in [-0.4, -0.2) is 41.8 Å². The number of likely N-dealkylation sites (tertiary alicyclic amines) is 1. The van der Waals surface area contributed by atoms with Crippen molar-refractivity contribution >= 4 is 0 Å². The minimum Gasteiger partial charge on any atom is -0.394 e. The predicted molar refractivity (Wildman–Crippen MR) is 70.8 cm³/mol. The maximum Gasteiger partial charge on any atom is 0.0608 e. The molecule has 0 aromatic rings. The van der Waals surface area contributed by atoms with Crippen molar-refractivity contribution in [1.29, 1.82) is 0 Å². The second-order valence-corrected chi connectivity index (χ2v) is 6.48. The van der Waals surface area contributed by atoms with Crippen LogP contribution in [-0.2, 0) is 0 Å². The molecule has 1 saturated heterocycles. The summed E-state index contributed by atoms with van der Waals surface area (Å²) >= 11 is 0. The van der Waals surface area contributed by atoms with E-state index in [1.165, 1.54) is 45.3 Å². The van der Waals surface area contributed by atoms with Crippen LogP contribution >= 0.6 is 0 Å². The zero-order chi connectivity index (χ0) is 12.3. The molecule has 0 bridgehead atoms. The molecule has 1 heterocycles. The fourth-order valence-electron chi connectivity index (χ4n) is 3.46. The molecule has 0 radical (unpaired) electrons. The van der Waals surface area contributed by atoms with Gasteiger partial charge < -0.3 is 15.7 Å². The van der Waals surface area contributed by atoms with Gasteiger partial charge in [-0.1, -0.05) is 12.8 Å². The lowest BCUT2D eigenvalue weighted by Gasteiger charge is -2.22. The lowest BCUT2D eigenvalue weighted by Crippen LogP contribution is -2.40. The van der Waals surface area contributed by atoms with E-state index in [4.69, 9.17) is 10.8 Å². The molecule has 3 nitrogen and oxygen atoms in total. The maximum atomic E-state index is 9.08. The van der Waals surface area contributed by atoms with E-state index >= 15 is 0 Å². The van der Waals surface area contributed by atoms with E-state index in [2.05, 4.69) is 4.90 Å². The fourth-order valence-corrected chi connectivity index (χ4v) is 3.46. The molecular weight excluding hydrogens is 212 g/mol. The molecule has 3 atom stereocenters. The molecule has 2 fully saturated rings. The van der Waals surface area contributed by atoms with E-state index in [1.807, 2.05) is 6.92 Å². The zero-order valence-electron chi connectivity index (χ0n) is 11.2. The molecule has 3 unspecified atom stereocenters. The Morgan fingerprint density at radius 1 is 1.24 bits per heavy atom. The number of nitrogens with zero attached hydrogens (tertiary/aromatic N) is 1. The van der Waals surface area contributed by atoms with Crippen LogP contribution in [0, 0.1) is 11.8 Å². The number of hydrogen-bond donors (Lipinski definition) is 2. The first kappa shape index (κ1) is 13.3. The van der Waals surface area contributed by atoms with Gasteiger partial charge in [-0.15, -0.1) is 0 Å². The third-order valence-electron chi connectivity index (χ3n) is 4.64. The molecule has 0 amide bonds. The summed E-state index contributed by atoms with van der Waals surface area (Å²) in [6.07, 6.45) is 7.69. The zero-order valence-corrected chi connectivity index (χ0v) is 11.2. The Bertz CT molecular complexity index is 230. The second-order valence-electron chi connectivity index (χ2n) is 6.48. The van der Waals surface area contributed by atoms with Crippen molar-refractivity contribution in [2.75, 3.05) is 26.2 Å². The Morgan fingerprint density at radius 3 is 2.47 bits per heavy atom. The topological polar surface area (TPSA) is 49.5 Å². The third-order valence-corrected chi connectivity index (χ3v) is 4.64. The molecule has 3 heteroatoms. The molecule has 17 heavy (non-hydrogen) atoms. The van der Waals surface area contributed by atoms with Crippen LogP contribution in [0.4, 0.5) is 0 Å². The highest BCUT2D eigenvalue weighted by atomic mass is 16.3. The van der Waals surface area contributed by atoms with Gasteiger partial charge in [-0.05, 0) is 51.0 Å². The Morgan fingerprint density at radius 2 is 1.88 bits per heavy atom. The summed E-state index contributed by atoms with van der Waals surface area (Å²) in [6, 6.07) is 0. The van der Waals surface area contributed by atoms with Crippen molar-refractivity contribution in [3.8, 4) is 0 Å². The van der Waals surface area contributed by atoms with Gasteiger partial charge in [-0.2, -0.15) is 0 Å². The SMILES string of the molecule is CC(N)(CO)CCCCN1CC2CCCC2C1. The van der Waals surface area contributed by atoms with Crippen molar-refractivity contribution in [3.05, 3.63) is 0 Å². The highest BCUT2D eigenvalue weighted by Crippen LogP contribution is 2.37. The average Bonchev–Trinajstić information content (AvgIpc) is 2.84. The van der Waals surface area contributed by atoms with Crippen LogP contribution in [0.15, 0.2) is 0 Å². The number of hydrogen-bond acceptors (Lipinski definition) is 3. The largest absolute Gasteiger partial charge is 0.394 e. The number of aliphatic hydroxyl groups excluding tert-OH is 1. The van der Waals surface area contributed by atoms with Crippen LogP contribution in [0.25, 0.3) is 0 Å². The lowest BCUT2D eigenvalue weighted by atomic mass is 9.97. The summed E-state index contributed by atoms with van der Waals surface area (Å²) in [5.74, 6) is 2.01. The minimum absolute atomic E-state index is 0.0981. The van der Waals surface area contributed by atoms with Crippen molar-refractivity contribution < 1.29 is 5.11 Å². The smallest absolute Gasteiger partial charge is 0.0608 e. The molecule has 0 spiro atoms. The van der Waals surface area contributed by atoms with Crippen molar-refractivity contribution in [2.45, 2.75) is 51.0 Å². The summed E-state index contributed by atoms with van der Waals surface area (Å²) in [4.78, 5) is 2.64. The van der Waals surface area contributed by atoms with Gasteiger partial charge in [0.05, 0.1) is 6.61 Å². The van der Waals surface area contributed by atoms with Gasteiger partial charge in [-0.3, -0.25) is 0 Å². The van der Waals surface area contributed by atoms with Gasteiger partial charge in [-0.25, -0.2) is 0 Å². The Hall–Kier alpha value is -0.120. The standard InChI is InChI=1S/C14H28N2O/c1-14(15,11-17)7-2-3-8-16-9-12-5-4-6-13(12)10-16/h12-13,17H,2-11,15H2,1H3. The summed E-state index contributed by atoms with van der Waals surface area (Å²) in [7, 11) is 0. The molecular formula is C14H28N2O. The summed E-state index contributed by atoms with van der Waals surface area (Å²) in [5, 5.41) is 9.08. The second kappa shape index (κ2) is 5.68. The summed E-state index contributed by atoms with van der Waals surface area (Å²) in [5.41, 5.74) is 5.55. The lowest BCUT2D eigenvalue weighted by molar-refractivity contribution is 0.195. The number of aliphatic hydroxyl groups is 1. The number of fused-ring (bicyclic) bond motifs is 1. The van der Waals surface area contributed by atoms with E-state index in [-0.39, 0.29) is 12.1 Å². The van der Waals surface area contributed by atoms with Gasteiger partial charge in [0.2, 0.25) is 0 Å². The van der Waals surface area contributed by atoms with Gasteiger partial charge in [0.15, 0.2) is 0 Å². The van der Waals surface area contributed by atoms with E-state index in [0.717, 1.165) is 24.7 Å². The third kappa shape index (κ3) is 3.67. The van der Waals surface area contributed by atoms with Crippen LogP contribution in [0.1, 0.15) is 45.4 Å². The number of rotatable bonds is 6. The summed E-state index contributed by atoms with van der Waals surface area (Å²) < 4.78 is 0. The first-order chi connectivity index (χ1) is 8.11. The Labute approximate surface area is 105 Å². The highest BCUT2D eigenvalue weighted by molar-refractivity contribution is 4.88.